The van der Waals surface area contributed by atoms with Crippen LogP contribution in [-0.4, -0.2) is 16.0 Å². The standard InChI is InChI=1S/C31H24Cl2N2O2S/c1-21-11-15-26(16-12-21)34-31-35(19-22-7-3-2-4-8-22)30(36)29(38-31)17-23-9-5-6-10-28(23)37-20-24-13-14-25(32)18-27(24)33/h2-18H,19-20H2,1H3/b29-17+,34-31?. The van der Waals surface area contributed by atoms with Crippen LogP contribution < -0.4 is 4.74 Å². The van der Waals surface area contributed by atoms with Crippen molar-refractivity contribution in [3.05, 3.63) is 134 Å². The number of hydrogen-bond donors (Lipinski definition) is 0. The van der Waals surface area contributed by atoms with Gasteiger partial charge < -0.3 is 4.74 Å². The number of benzene rings is 4. The minimum atomic E-state index is -0.0970. The van der Waals surface area contributed by atoms with Gasteiger partial charge in [0.2, 0.25) is 0 Å². The lowest BCUT2D eigenvalue weighted by Crippen LogP contribution is -2.28. The molecule has 1 saturated heterocycles. The molecule has 0 aliphatic carbocycles. The second-order valence-corrected chi connectivity index (χ2v) is 10.6. The van der Waals surface area contributed by atoms with Crippen molar-refractivity contribution in [3.63, 3.8) is 0 Å². The van der Waals surface area contributed by atoms with Gasteiger partial charge in [0.15, 0.2) is 5.17 Å². The number of halogens is 2. The number of amidine groups is 1. The van der Waals surface area contributed by atoms with Crippen LogP contribution in [0.1, 0.15) is 22.3 Å². The van der Waals surface area contributed by atoms with Crippen molar-refractivity contribution in [3.8, 4) is 5.75 Å². The summed E-state index contributed by atoms with van der Waals surface area (Å²) in [5, 5.41) is 1.76. The predicted molar refractivity (Wildman–Crippen MR) is 158 cm³/mol. The number of aryl methyl sites for hydroxylation is 1. The fourth-order valence-corrected chi connectivity index (χ4v) is 5.35. The Morgan fingerprint density at radius 3 is 2.42 bits per heavy atom. The van der Waals surface area contributed by atoms with Crippen LogP contribution in [0.5, 0.6) is 5.75 Å². The van der Waals surface area contributed by atoms with Crippen molar-refractivity contribution < 1.29 is 9.53 Å². The first-order chi connectivity index (χ1) is 18.5. The number of ether oxygens (including phenoxy) is 1. The summed E-state index contributed by atoms with van der Waals surface area (Å²) in [6.45, 7) is 2.74. The van der Waals surface area contributed by atoms with Crippen LogP contribution in [0.25, 0.3) is 6.08 Å². The van der Waals surface area contributed by atoms with Gasteiger partial charge in [-0.3, -0.25) is 9.69 Å². The van der Waals surface area contributed by atoms with Gasteiger partial charge in [-0.05, 0) is 60.7 Å². The molecule has 1 fully saturated rings. The van der Waals surface area contributed by atoms with Crippen molar-refractivity contribution in [2.75, 3.05) is 0 Å². The van der Waals surface area contributed by atoms with E-state index in [1.54, 1.807) is 17.0 Å². The van der Waals surface area contributed by atoms with Crippen molar-refractivity contribution in [2.24, 2.45) is 4.99 Å². The van der Waals surface area contributed by atoms with Crippen LogP contribution >= 0.6 is 35.0 Å². The van der Waals surface area contributed by atoms with E-state index < -0.39 is 0 Å². The second-order valence-electron chi connectivity index (χ2n) is 8.78. The molecule has 1 aliphatic heterocycles. The maximum atomic E-state index is 13.6. The van der Waals surface area contributed by atoms with Crippen molar-refractivity contribution in [1.82, 2.24) is 4.90 Å². The van der Waals surface area contributed by atoms with Gasteiger partial charge in [0, 0.05) is 21.2 Å². The van der Waals surface area contributed by atoms with Gasteiger partial charge in [0.25, 0.3) is 5.91 Å². The molecule has 190 valence electrons. The molecule has 0 N–H and O–H groups in total. The number of hydrogen-bond acceptors (Lipinski definition) is 4. The molecule has 0 radical (unpaired) electrons. The third-order valence-electron chi connectivity index (χ3n) is 5.93. The maximum Gasteiger partial charge on any atom is 0.267 e. The van der Waals surface area contributed by atoms with E-state index in [0.29, 0.717) is 32.4 Å². The molecule has 0 saturated carbocycles. The highest BCUT2D eigenvalue weighted by Crippen LogP contribution is 2.37. The third-order valence-corrected chi connectivity index (χ3v) is 7.53. The van der Waals surface area contributed by atoms with Crippen LogP contribution in [0.3, 0.4) is 0 Å². The normalized spacial score (nSPS) is 15.4. The van der Waals surface area contributed by atoms with Gasteiger partial charge >= 0.3 is 0 Å². The van der Waals surface area contributed by atoms with Gasteiger partial charge in [0.05, 0.1) is 17.1 Å². The Morgan fingerprint density at radius 2 is 1.66 bits per heavy atom. The number of para-hydroxylation sites is 1. The first kappa shape index (κ1) is 26.1. The molecular formula is C31H24Cl2N2O2S. The van der Waals surface area contributed by atoms with Gasteiger partial charge in [0.1, 0.15) is 12.4 Å². The summed E-state index contributed by atoms with van der Waals surface area (Å²) in [6, 6.07) is 30.8. The van der Waals surface area contributed by atoms with Gasteiger partial charge in [-0.2, -0.15) is 0 Å². The van der Waals surface area contributed by atoms with Crippen LogP contribution in [-0.2, 0) is 17.9 Å². The molecule has 4 aromatic rings. The molecule has 5 rings (SSSR count). The molecule has 0 aromatic heterocycles. The monoisotopic (exact) mass is 558 g/mol. The average Bonchev–Trinajstić information content (AvgIpc) is 3.19. The Hall–Kier alpha value is -3.51. The zero-order valence-corrected chi connectivity index (χ0v) is 22.9. The summed E-state index contributed by atoms with van der Waals surface area (Å²) in [5.41, 5.74) is 4.61. The number of thioether (sulfide) groups is 1. The minimum Gasteiger partial charge on any atom is -0.488 e. The highest BCUT2D eigenvalue weighted by Gasteiger charge is 2.33. The van der Waals surface area contributed by atoms with E-state index in [-0.39, 0.29) is 12.5 Å². The molecule has 7 heteroatoms. The molecule has 0 spiro atoms. The summed E-state index contributed by atoms with van der Waals surface area (Å²) < 4.78 is 6.11. The van der Waals surface area contributed by atoms with Gasteiger partial charge in [-0.15, -0.1) is 0 Å². The van der Waals surface area contributed by atoms with Gasteiger partial charge in [-0.25, -0.2) is 4.99 Å². The number of amides is 1. The third kappa shape index (κ3) is 6.30. The van der Waals surface area contributed by atoms with E-state index in [0.717, 1.165) is 27.9 Å². The van der Waals surface area contributed by atoms with Crippen molar-refractivity contribution in [2.45, 2.75) is 20.1 Å². The molecular weight excluding hydrogens is 535 g/mol. The quantitative estimate of drug-likeness (QED) is 0.213. The Balaban J connectivity index is 1.44. The molecule has 38 heavy (non-hydrogen) atoms. The lowest BCUT2D eigenvalue weighted by molar-refractivity contribution is -0.122. The molecule has 0 bridgehead atoms. The average molecular weight is 560 g/mol. The fraction of sp³-hybridized carbons (Fsp3) is 0.0968. The van der Waals surface area contributed by atoms with Crippen LogP contribution in [0.15, 0.2) is 107 Å². The zero-order chi connectivity index (χ0) is 26.5. The highest BCUT2D eigenvalue weighted by molar-refractivity contribution is 8.18. The van der Waals surface area contributed by atoms with E-state index in [4.69, 9.17) is 32.9 Å². The molecule has 0 unspecified atom stereocenters. The smallest absolute Gasteiger partial charge is 0.267 e. The van der Waals surface area contributed by atoms with E-state index in [1.807, 2.05) is 97.9 Å². The summed E-state index contributed by atoms with van der Waals surface area (Å²) in [7, 11) is 0. The highest BCUT2D eigenvalue weighted by atomic mass is 35.5. The Morgan fingerprint density at radius 1 is 0.921 bits per heavy atom. The van der Waals surface area contributed by atoms with E-state index >= 15 is 0 Å². The van der Waals surface area contributed by atoms with Crippen LogP contribution in [0.4, 0.5) is 5.69 Å². The Bertz CT molecular complexity index is 1520. The second kappa shape index (κ2) is 11.9. The first-order valence-electron chi connectivity index (χ1n) is 12.0. The first-order valence-corrected chi connectivity index (χ1v) is 13.6. The number of nitrogens with zero attached hydrogens (tertiary/aromatic N) is 2. The van der Waals surface area contributed by atoms with Crippen LogP contribution in [0, 0.1) is 6.92 Å². The molecule has 1 heterocycles. The fourth-order valence-electron chi connectivity index (χ4n) is 3.89. The summed E-state index contributed by atoms with van der Waals surface area (Å²) in [4.78, 5) is 20.7. The van der Waals surface area contributed by atoms with E-state index in [2.05, 4.69) is 0 Å². The van der Waals surface area contributed by atoms with E-state index in [1.165, 1.54) is 11.8 Å². The summed E-state index contributed by atoms with van der Waals surface area (Å²) in [6.07, 6.45) is 1.86. The lowest BCUT2D eigenvalue weighted by Gasteiger charge is -2.15. The maximum absolute atomic E-state index is 13.6. The SMILES string of the molecule is Cc1ccc(N=C2S/C(=C/c3ccccc3OCc3ccc(Cl)cc3Cl)C(=O)N2Cc2ccccc2)cc1. The largest absolute Gasteiger partial charge is 0.488 e. The number of carbonyl (C=O) groups excluding carboxylic acids is 1. The van der Waals surface area contributed by atoms with Crippen molar-refractivity contribution in [1.29, 1.82) is 0 Å². The number of carbonyl (C=O) groups is 1. The molecule has 1 aliphatic rings. The topological polar surface area (TPSA) is 41.9 Å². The minimum absolute atomic E-state index is 0.0970. The Kier molecular flexibility index (Phi) is 8.18. The number of aliphatic imine (C=N–C) groups is 1. The summed E-state index contributed by atoms with van der Waals surface area (Å²) >= 11 is 13.7. The zero-order valence-electron chi connectivity index (χ0n) is 20.6. The Labute approximate surface area is 236 Å². The summed E-state index contributed by atoms with van der Waals surface area (Å²) in [5.74, 6) is 0.554. The molecule has 1 amide bonds. The van der Waals surface area contributed by atoms with Gasteiger partial charge in [-0.1, -0.05) is 95.5 Å². The number of rotatable bonds is 7. The van der Waals surface area contributed by atoms with Crippen LogP contribution in [0.2, 0.25) is 10.0 Å². The lowest BCUT2D eigenvalue weighted by atomic mass is 10.1. The predicted octanol–water partition coefficient (Wildman–Crippen LogP) is 8.69. The molecule has 4 nitrogen and oxygen atoms in total. The van der Waals surface area contributed by atoms with Crippen molar-refractivity contribution >= 4 is 57.8 Å². The molecule has 0 atom stereocenters. The molecule has 4 aromatic carbocycles. The van der Waals surface area contributed by atoms with E-state index in [9.17, 15) is 4.79 Å².